The molecule has 0 saturated carbocycles. The number of methoxy groups -OCH3 is 3. The van der Waals surface area contributed by atoms with Gasteiger partial charge in [-0.3, -0.25) is 4.90 Å². The second kappa shape index (κ2) is 11.1. The first-order valence-electron chi connectivity index (χ1n) is 9.90. The van der Waals surface area contributed by atoms with Gasteiger partial charge in [0.15, 0.2) is 11.5 Å². The highest BCUT2D eigenvalue weighted by molar-refractivity contribution is 5.86. The van der Waals surface area contributed by atoms with E-state index in [9.17, 15) is 9.59 Å². The average molecular weight is 426 g/mol. The Balaban J connectivity index is 3.39. The summed E-state index contributed by atoms with van der Waals surface area (Å²) < 4.78 is 26.8. The van der Waals surface area contributed by atoms with Crippen LogP contribution >= 0.6 is 0 Å². The molecule has 8 nitrogen and oxygen atoms in total. The number of carbonyl (C=O) groups is 2. The largest absolute Gasteiger partial charge is 0.493 e. The zero-order chi connectivity index (χ0) is 22.9. The lowest BCUT2D eigenvalue weighted by atomic mass is 9.91. The third kappa shape index (κ3) is 6.79. The van der Waals surface area contributed by atoms with Crippen LogP contribution in [-0.2, 0) is 25.4 Å². The summed E-state index contributed by atoms with van der Waals surface area (Å²) in [5.74, 6) is 0.550. The van der Waals surface area contributed by atoms with Crippen LogP contribution < -0.4 is 9.47 Å². The molecular weight excluding hydrogens is 390 g/mol. The summed E-state index contributed by atoms with van der Waals surface area (Å²) in [6.07, 6.45) is 0.161. The lowest BCUT2D eigenvalue weighted by Crippen LogP contribution is -2.58. The molecule has 170 valence electrons. The molecular formula is C22H35NO7. The van der Waals surface area contributed by atoms with E-state index in [1.165, 1.54) is 19.1 Å². The number of carbonyl (C=O) groups excluding carboxylic acids is 2. The van der Waals surface area contributed by atoms with Gasteiger partial charge in [0.1, 0.15) is 17.9 Å². The molecule has 1 rings (SSSR count). The number of amides is 1. The Bertz CT molecular complexity index is 714. The van der Waals surface area contributed by atoms with E-state index in [0.29, 0.717) is 17.9 Å². The lowest BCUT2D eigenvalue weighted by molar-refractivity contribution is -0.160. The predicted octanol–water partition coefficient (Wildman–Crippen LogP) is 3.80. The van der Waals surface area contributed by atoms with Crippen LogP contribution in [-0.4, -0.2) is 62.8 Å². The summed E-state index contributed by atoms with van der Waals surface area (Å²) in [6.45, 7) is 8.94. The summed E-state index contributed by atoms with van der Waals surface area (Å²) in [4.78, 5) is 27.3. The van der Waals surface area contributed by atoms with E-state index in [1.54, 1.807) is 46.9 Å². The van der Waals surface area contributed by atoms with Gasteiger partial charge in [-0.05, 0) is 51.8 Å². The topological polar surface area (TPSA) is 83.5 Å². The van der Waals surface area contributed by atoms with Crippen molar-refractivity contribution < 1.29 is 33.3 Å². The van der Waals surface area contributed by atoms with Crippen LogP contribution in [0.15, 0.2) is 18.2 Å². The van der Waals surface area contributed by atoms with Crippen molar-refractivity contribution in [1.29, 1.82) is 0 Å². The van der Waals surface area contributed by atoms with E-state index >= 15 is 0 Å². The van der Waals surface area contributed by atoms with E-state index in [2.05, 4.69) is 0 Å². The van der Waals surface area contributed by atoms with E-state index in [4.69, 9.17) is 23.7 Å². The Labute approximate surface area is 179 Å². The molecule has 0 aliphatic heterocycles. The highest BCUT2D eigenvalue weighted by Gasteiger charge is 2.45. The summed E-state index contributed by atoms with van der Waals surface area (Å²) in [7, 11) is 4.53. The molecule has 1 aromatic rings. The van der Waals surface area contributed by atoms with Crippen LogP contribution in [0.4, 0.5) is 4.79 Å². The van der Waals surface area contributed by atoms with Crippen molar-refractivity contribution in [3.63, 3.8) is 0 Å². The minimum absolute atomic E-state index is 0.139. The van der Waals surface area contributed by atoms with Gasteiger partial charge in [0.05, 0.1) is 20.8 Å². The quantitative estimate of drug-likeness (QED) is 0.416. The fourth-order valence-electron chi connectivity index (χ4n) is 2.86. The maximum absolute atomic E-state index is 13.1. The zero-order valence-electron chi connectivity index (χ0n) is 19.4. The number of rotatable bonds is 10. The predicted molar refractivity (Wildman–Crippen MR) is 113 cm³/mol. The number of hydrogen-bond donors (Lipinski definition) is 0. The molecule has 0 bridgehead atoms. The number of ether oxygens (including phenoxy) is 5. The van der Waals surface area contributed by atoms with Gasteiger partial charge in [0.25, 0.3) is 0 Å². The molecule has 1 aromatic carbocycles. The number of nitrogens with zero attached hydrogens (tertiary/aromatic N) is 1. The van der Waals surface area contributed by atoms with Crippen LogP contribution in [0.5, 0.6) is 11.5 Å². The fourth-order valence-corrected chi connectivity index (χ4v) is 2.86. The van der Waals surface area contributed by atoms with Crippen molar-refractivity contribution in [2.75, 3.05) is 34.7 Å². The summed E-state index contributed by atoms with van der Waals surface area (Å²) in [5, 5.41) is 0. The van der Waals surface area contributed by atoms with Crippen molar-refractivity contribution in [1.82, 2.24) is 4.90 Å². The van der Waals surface area contributed by atoms with Gasteiger partial charge >= 0.3 is 12.1 Å². The Morgan fingerprint density at radius 1 is 1.00 bits per heavy atom. The molecule has 0 unspecified atom stereocenters. The number of benzene rings is 1. The molecule has 0 heterocycles. The monoisotopic (exact) mass is 425 g/mol. The average Bonchev–Trinajstić information content (AvgIpc) is 2.68. The first-order valence-corrected chi connectivity index (χ1v) is 9.90. The molecule has 0 saturated heterocycles. The van der Waals surface area contributed by atoms with Crippen LogP contribution in [0.1, 0.15) is 46.6 Å². The third-order valence-electron chi connectivity index (χ3n) is 4.34. The Kier molecular flexibility index (Phi) is 9.42. The van der Waals surface area contributed by atoms with Crippen molar-refractivity contribution in [2.24, 2.45) is 0 Å². The van der Waals surface area contributed by atoms with Crippen LogP contribution in [0, 0.1) is 0 Å². The van der Waals surface area contributed by atoms with Crippen molar-refractivity contribution >= 4 is 12.1 Å². The normalized spacial score (nSPS) is 13.2. The maximum atomic E-state index is 13.1. The maximum Gasteiger partial charge on any atom is 0.413 e. The molecule has 1 atom stereocenters. The molecule has 8 heteroatoms. The van der Waals surface area contributed by atoms with E-state index in [0.717, 1.165) is 5.56 Å². The van der Waals surface area contributed by atoms with Gasteiger partial charge in [-0.15, -0.1) is 0 Å². The van der Waals surface area contributed by atoms with Gasteiger partial charge in [-0.2, -0.15) is 0 Å². The molecule has 0 aliphatic rings. The smallest absolute Gasteiger partial charge is 0.413 e. The molecule has 0 aliphatic carbocycles. The molecule has 0 spiro atoms. The zero-order valence-corrected chi connectivity index (χ0v) is 19.4. The minimum atomic E-state index is -1.37. The second-order valence-corrected chi connectivity index (χ2v) is 8.10. The molecule has 30 heavy (non-hydrogen) atoms. The molecule has 0 fully saturated rings. The van der Waals surface area contributed by atoms with Crippen molar-refractivity contribution in [3.05, 3.63) is 23.8 Å². The van der Waals surface area contributed by atoms with Gasteiger partial charge in [-0.25, -0.2) is 9.59 Å². The summed E-state index contributed by atoms with van der Waals surface area (Å²) in [5.41, 5.74) is -1.35. The molecule has 0 radical (unpaired) electrons. The highest BCUT2D eigenvalue weighted by Crippen LogP contribution is 2.31. The number of hydrogen-bond acceptors (Lipinski definition) is 7. The lowest BCUT2D eigenvalue weighted by Gasteiger charge is -2.39. The van der Waals surface area contributed by atoms with Crippen LogP contribution in [0.3, 0.4) is 0 Å². The Morgan fingerprint density at radius 2 is 1.63 bits per heavy atom. The van der Waals surface area contributed by atoms with E-state index in [-0.39, 0.29) is 19.8 Å². The first-order chi connectivity index (χ1) is 14.0. The van der Waals surface area contributed by atoms with Crippen molar-refractivity contribution in [2.45, 2.75) is 58.6 Å². The van der Waals surface area contributed by atoms with E-state index in [1.807, 2.05) is 13.0 Å². The van der Waals surface area contributed by atoms with Gasteiger partial charge in [-0.1, -0.05) is 13.0 Å². The minimum Gasteiger partial charge on any atom is -0.493 e. The SMILES string of the molecule is CCCOC(=O)[C@](C)(Cc1ccc(OC)c(OC)c1)N(COC)C(=O)OC(C)(C)C. The Morgan fingerprint density at radius 3 is 2.13 bits per heavy atom. The molecule has 0 N–H and O–H groups in total. The van der Waals surface area contributed by atoms with Crippen molar-refractivity contribution in [3.8, 4) is 11.5 Å². The van der Waals surface area contributed by atoms with Crippen LogP contribution in [0.2, 0.25) is 0 Å². The second-order valence-electron chi connectivity index (χ2n) is 8.10. The molecule has 0 aromatic heterocycles. The standard InChI is InChI=1S/C22H35NO7/c1-9-12-29-19(24)22(5,23(15-26-6)20(25)30-21(2,3)4)14-16-10-11-17(27-7)18(13-16)28-8/h10-11,13H,9,12,14-15H2,1-8H3/t22-/m0/s1. The van der Waals surface area contributed by atoms with Crippen LogP contribution in [0.25, 0.3) is 0 Å². The van der Waals surface area contributed by atoms with Gasteiger partial charge in [0, 0.05) is 13.5 Å². The summed E-state index contributed by atoms with van der Waals surface area (Å²) in [6, 6.07) is 5.33. The molecule has 1 amide bonds. The Hall–Kier alpha value is -2.48. The first kappa shape index (κ1) is 25.6. The third-order valence-corrected chi connectivity index (χ3v) is 4.34. The van der Waals surface area contributed by atoms with E-state index < -0.39 is 23.2 Å². The fraction of sp³-hybridized carbons (Fsp3) is 0.636. The van der Waals surface area contributed by atoms with Gasteiger partial charge in [0.2, 0.25) is 0 Å². The summed E-state index contributed by atoms with van der Waals surface area (Å²) >= 11 is 0. The number of esters is 1. The van der Waals surface area contributed by atoms with Gasteiger partial charge < -0.3 is 23.7 Å². The highest BCUT2D eigenvalue weighted by atomic mass is 16.6.